The van der Waals surface area contributed by atoms with Crippen molar-refractivity contribution in [2.75, 3.05) is 39.8 Å². The zero-order chi connectivity index (χ0) is 28.2. The number of rotatable bonds is 8. The number of amides is 3. The van der Waals surface area contributed by atoms with Gasteiger partial charge in [-0.2, -0.15) is 0 Å². The smallest absolute Gasteiger partial charge is 0.338 e. The molecule has 1 aliphatic carbocycles. The zero-order valence-electron chi connectivity index (χ0n) is 23.5. The van der Waals surface area contributed by atoms with Crippen molar-refractivity contribution < 1.29 is 23.9 Å². The third-order valence-corrected chi connectivity index (χ3v) is 8.07. The Bertz CT molecular complexity index is 1280. The monoisotopic (exact) mass is 546 g/mol. The second-order valence-corrected chi connectivity index (χ2v) is 10.8. The number of esters is 1. The van der Waals surface area contributed by atoms with E-state index in [-0.39, 0.29) is 30.5 Å². The number of nitrogens with one attached hydrogen (secondary N) is 1. The molecule has 0 spiro atoms. The van der Waals surface area contributed by atoms with Gasteiger partial charge in [-0.05, 0) is 56.5 Å². The lowest BCUT2D eigenvalue weighted by molar-refractivity contribution is -0.142. The van der Waals surface area contributed by atoms with Crippen molar-refractivity contribution in [2.45, 2.75) is 45.2 Å². The van der Waals surface area contributed by atoms with Gasteiger partial charge in [0, 0.05) is 50.9 Å². The first-order valence-electron chi connectivity index (χ1n) is 14.2. The van der Waals surface area contributed by atoms with Gasteiger partial charge in [-0.25, -0.2) is 9.59 Å². The molecule has 3 aliphatic rings. The summed E-state index contributed by atoms with van der Waals surface area (Å²) in [4.78, 5) is 45.2. The van der Waals surface area contributed by atoms with Crippen LogP contribution in [0.1, 0.15) is 44.7 Å². The fraction of sp³-hybridized carbons (Fsp3) is 0.452. The van der Waals surface area contributed by atoms with Gasteiger partial charge >= 0.3 is 12.0 Å². The van der Waals surface area contributed by atoms with Crippen molar-refractivity contribution in [3.63, 3.8) is 0 Å². The van der Waals surface area contributed by atoms with Crippen LogP contribution >= 0.6 is 0 Å². The lowest BCUT2D eigenvalue weighted by Crippen LogP contribution is -2.57. The molecule has 9 heteroatoms. The number of piperazine rings is 1. The molecule has 2 atom stereocenters. The van der Waals surface area contributed by atoms with E-state index in [9.17, 15) is 14.4 Å². The van der Waals surface area contributed by atoms with Gasteiger partial charge < -0.3 is 19.7 Å². The highest BCUT2D eigenvalue weighted by Gasteiger charge is 2.39. The molecule has 1 saturated carbocycles. The van der Waals surface area contributed by atoms with E-state index in [4.69, 9.17) is 9.47 Å². The number of hydrogen-bond donors (Lipinski definition) is 1. The number of hydrogen-bond acceptors (Lipinski definition) is 6. The van der Waals surface area contributed by atoms with Gasteiger partial charge in [0.15, 0.2) is 0 Å². The summed E-state index contributed by atoms with van der Waals surface area (Å²) in [7, 11) is 1.68. The molecule has 0 bridgehead atoms. The van der Waals surface area contributed by atoms with Gasteiger partial charge in [0.25, 0.3) is 0 Å². The molecule has 2 unspecified atom stereocenters. The van der Waals surface area contributed by atoms with E-state index in [2.05, 4.69) is 17.1 Å². The Morgan fingerprint density at radius 3 is 2.45 bits per heavy atom. The molecule has 2 aromatic rings. The maximum Gasteiger partial charge on any atom is 0.338 e. The number of benzene rings is 2. The molecule has 0 aromatic heterocycles. The molecule has 1 saturated heterocycles. The fourth-order valence-electron chi connectivity index (χ4n) is 5.64. The molecule has 2 heterocycles. The van der Waals surface area contributed by atoms with Gasteiger partial charge in [-0.1, -0.05) is 36.8 Å². The molecule has 40 heavy (non-hydrogen) atoms. The second-order valence-electron chi connectivity index (χ2n) is 10.8. The van der Waals surface area contributed by atoms with E-state index < -0.39 is 12.0 Å². The third kappa shape index (κ3) is 5.84. The van der Waals surface area contributed by atoms with E-state index in [1.54, 1.807) is 14.0 Å². The lowest BCUT2D eigenvalue weighted by Gasteiger charge is -2.44. The number of likely N-dealkylation sites (N-methyl/N-ethyl adjacent to an activating group) is 1. The van der Waals surface area contributed by atoms with Crippen LogP contribution in [0, 0.1) is 5.92 Å². The summed E-state index contributed by atoms with van der Waals surface area (Å²) in [6.07, 6.45) is 3.10. The number of carbonyl (C=O) groups is 3. The van der Waals surface area contributed by atoms with E-state index in [0.29, 0.717) is 48.9 Å². The summed E-state index contributed by atoms with van der Waals surface area (Å²) in [5.41, 5.74) is 1.73. The largest absolute Gasteiger partial charge is 0.463 e. The van der Waals surface area contributed by atoms with Crippen LogP contribution in [0.15, 0.2) is 65.9 Å². The van der Waals surface area contributed by atoms with Gasteiger partial charge in [0.05, 0.1) is 18.2 Å². The molecule has 2 aliphatic heterocycles. The van der Waals surface area contributed by atoms with Crippen LogP contribution in [0.3, 0.4) is 0 Å². The van der Waals surface area contributed by atoms with Crippen molar-refractivity contribution in [3.05, 3.63) is 71.4 Å². The highest BCUT2D eigenvalue weighted by atomic mass is 16.5. The van der Waals surface area contributed by atoms with E-state index in [1.807, 2.05) is 59.5 Å². The van der Waals surface area contributed by atoms with Crippen LogP contribution in [0.2, 0.25) is 0 Å². The van der Waals surface area contributed by atoms with Gasteiger partial charge in [-0.3, -0.25) is 14.6 Å². The fourth-order valence-corrected chi connectivity index (χ4v) is 5.64. The molecule has 5 rings (SSSR count). The quantitative estimate of drug-likeness (QED) is 0.496. The Kier molecular flexibility index (Phi) is 8.40. The molecule has 9 nitrogen and oxygen atoms in total. The third-order valence-electron chi connectivity index (χ3n) is 8.07. The van der Waals surface area contributed by atoms with Gasteiger partial charge in [0.2, 0.25) is 5.91 Å². The van der Waals surface area contributed by atoms with E-state index >= 15 is 0 Å². The summed E-state index contributed by atoms with van der Waals surface area (Å²) in [5, 5.41) is 2.99. The Labute approximate surface area is 235 Å². The van der Waals surface area contributed by atoms with Gasteiger partial charge in [-0.15, -0.1) is 0 Å². The molecule has 0 radical (unpaired) electrons. The number of carbonyl (C=O) groups excluding carboxylic acids is 3. The first kappa shape index (κ1) is 27.7. The minimum atomic E-state index is -0.698. The molecule has 212 valence electrons. The van der Waals surface area contributed by atoms with Crippen molar-refractivity contribution in [3.8, 4) is 11.5 Å². The average molecular weight is 547 g/mol. The van der Waals surface area contributed by atoms with Crippen molar-refractivity contribution in [1.29, 1.82) is 0 Å². The minimum absolute atomic E-state index is 0.0545. The number of para-hydroxylation sites is 1. The Morgan fingerprint density at radius 2 is 1.77 bits per heavy atom. The molecule has 2 aromatic carbocycles. The van der Waals surface area contributed by atoms with Crippen LogP contribution in [-0.2, 0) is 14.3 Å². The van der Waals surface area contributed by atoms with Crippen LogP contribution < -0.4 is 10.1 Å². The number of nitrogens with zero attached hydrogens (tertiary/aromatic N) is 3. The van der Waals surface area contributed by atoms with Crippen LogP contribution in [0.5, 0.6) is 11.5 Å². The molecule has 2 fully saturated rings. The highest BCUT2D eigenvalue weighted by Crippen LogP contribution is 2.34. The first-order valence-corrected chi connectivity index (χ1v) is 14.2. The zero-order valence-corrected chi connectivity index (χ0v) is 23.5. The Balaban J connectivity index is 1.42. The average Bonchev–Trinajstić information content (AvgIpc) is 2.91. The Hall–Kier alpha value is -3.85. The number of urea groups is 1. The highest BCUT2D eigenvalue weighted by molar-refractivity contribution is 5.95. The maximum absolute atomic E-state index is 13.4. The van der Waals surface area contributed by atoms with E-state index in [0.717, 1.165) is 24.8 Å². The summed E-state index contributed by atoms with van der Waals surface area (Å²) in [6, 6.07) is 15.9. The SMILES string of the molecule is CCOC(=O)C1=C(CN2CCN(C(=O)C3CCC3)C(C)C2)N(C)C(=O)NC1c1cccc(Oc2ccccc2)c1. The predicted molar refractivity (Wildman–Crippen MR) is 151 cm³/mol. The topological polar surface area (TPSA) is 91.4 Å². The first-order chi connectivity index (χ1) is 19.4. The van der Waals surface area contributed by atoms with E-state index in [1.165, 1.54) is 4.90 Å². The second kappa shape index (κ2) is 12.1. The molecule has 1 N–H and O–H groups in total. The van der Waals surface area contributed by atoms with Crippen LogP contribution in [0.25, 0.3) is 0 Å². The number of ether oxygens (including phenoxy) is 2. The standard InChI is InChI=1S/C31H38N4O5/c1-4-39-30(37)27-26(20-34-16-17-35(21(2)19-34)29(36)22-10-8-11-22)33(3)31(38)32-28(27)23-12-9-15-25(18-23)40-24-13-6-5-7-14-24/h5-7,9,12-15,18,21-22,28H,4,8,10-11,16-17,19-20H2,1-3H3,(H,32,38). The summed E-state index contributed by atoms with van der Waals surface area (Å²) < 4.78 is 11.5. The van der Waals surface area contributed by atoms with Crippen molar-refractivity contribution in [2.24, 2.45) is 5.92 Å². The van der Waals surface area contributed by atoms with Gasteiger partial charge in [0.1, 0.15) is 11.5 Å². The van der Waals surface area contributed by atoms with Crippen LogP contribution in [0.4, 0.5) is 4.79 Å². The summed E-state index contributed by atoms with van der Waals surface area (Å²) in [6.45, 7) is 6.42. The molecular formula is C31H38N4O5. The maximum atomic E-state index is 13.4. The van der Waals surface area contributed by atoms with Crippen molar-refractivity contribution >= 4 is 17.9 Å². The van der Waals surface area contributed by atoms with Crippen LogP contribution in [-0.4, -0.2) is 78.5 Å². The lowest BCUT2D eigenvalue weighted by atomic mass is 9.84. The molecular weight excluding hydrogens is 508 g/mol. The Morgan fingerprint density at radius 1 is 1.02 bits per heavy atom. The minimum Gasteiger partial charge on any atom is -0.463 e. The predicted octanol–water partition coefficient (Wildman–Crippen LogP) is 4.33. The molecule has 3 amide bonds. The normalized spacial score (nSPS) is 22.0. The summed E-state index contributed by atoms with van der Waals surface area (Å²) in [5.74, 6) is 1.26. The summed E-state index contributed by atoms with van der Waals surface area (Å²) >= 11 is 0. The van der Waals surface area contributed by atoms with Crippen molar-refractivity contribution in [1.82, 2.24) is 20.0 Å².